The highest BCUT2D eigenvalue weighted by atomic mass is 16.5. The van der Waals surface area contributed by atoms with E-state index in [0.29, 0.717) is 0 Å². The summed E-state index contributed by atoms with van der Waals surface area (Å²) in [4.78, 5) is 0. The Morgan fingerprint density at radius 3 is 2.95 bits per heavy atom. The molecule has 0 radical (unpaired) electrons. The van der Waals surface area contributed by atoms with Crippen molar-refractivity contribution in [2.24, 2.45) is 0 Å². The smallest absolute Gasteiger partial charge is 0.0587 e. The number of aryl methyl sites for hydroxylation is 1. The number of nitrogens with one attached hydrogen (secondary N) is 1. The van der Waals surface area contributed by atoms with Gasteiger partial charge in [-0.1, -0.05) is 18.2 Å². The molecule has 4 heteroatoms. The average Bonchev–Trinajstić information content (AvgIpc) is 2.88. The molecule has 0 aliphatic carbocycles. The van der Waals surface area contributed by atoms with E-state index in [4.69, 9.17) is 9.84 Å². The maximum atomic E-state index is 8.90. The molecule has 0 bridgehead atoms. The molecule has 2 N–H and O–H groups in total. The minimum absolute atomic E-state index is 0.268. The minimum Gasteiger partial charge on any atom is -0.396 e. The molecule has 0 unspecified atom stereocenters. The van der Waals surface area contributed by atoms with Crippen LogP contribution in [-0.4, -0.2) is 36.5 Å². The number of unbranched alkanes of at least 4 members (excludes halogenated alkanes) is 1. The molecule has 1 aromatic heterocycles. The molecule has 0 spiro atoms. The van der Waals surface area contributed by atoms with Crippen molar-refractivity contribution in [3.63, 3.8) is 0 Å². The zero-order valence-electron chi connectivity index (χ0n) is 12.1. The highest BCUT2D eigenvalue weighted by Crippen LogP contribution is 2.21. The summed E-state index contributed by atoms with van der Waals surface area (Å²) in [6.07, 6.45) is 4.00. The summed E-state index contributed by atoms with van der Waals surface area (Å²) in [6.45, 7) is 3.67. The monoisotopic (exact) mass is 276 g/mol. The van der Waals surface area contributed by atoms with Gasteiger partial charge in [-0.15, -0.1) is 0 Å². The predicted octanol–water partition coefficient (Wildman–Crippen LogP) is 2.15. The van der Waals surface area contributed by atoms with Gasteiger partial charge in [-0.3, -0.25) is 0 Å². The first-order valence-electron chi connectivity index (χ1n) is 7.24. The maximum absolute atomic E-state index is 8.90. The third-order valence-electron chi connectivity index (χ3n) is 3.48. The zero-order chi connectivity index (χ0) is 14.2. The number of nitrogens with zero attached hydrogens (tertiary/aromatic N) is 1. The highest BCUT2D eigenvalue weighted by Gasteiger charge is 2.06. The highest BCUT2D eigenvalue weighted by molar-refractivity contribution is 5.83. The summed E-state index contributed by atoms with van der Waals surface area (Å²) in [5, 5.41) is 13.6. The van der Waals surface area contributed by atoms with Crippen molar-refractivity contribution in [2.45, 2.75) is 25.9 Å². The molecular weight excluding hydrogens is 252 g/mol. The van der Waals surface area contributed by atoms with Crippen LogP contribution in [0, 0.1) is 0 Å². The summed E-state index contributed by atoms with van der Waals surface area (Å²) < 4.78 is 7.34. The average molecular weight is 276 g/mol. The predicted molar refractivity (Wildman–Crippen MR) is 81.8 cm³/mol. The van der Waals surface area contributed by atoms with Gasteiger partial charge in [-0.2, -0.15) is 0 Å². The van der Waals surface area contributed by atoms with Gasteiger partial charge in [0.15, 0.2) is 0 Å². The molecule has 110 valence electrons. The lowest BCUT2D eigenvalue weighted by molar-refractivity contribution is 0.199. The van der Waals surface area contributed by atoms with E-state index in [-0.39, 0.29) is 6.61 Å². The number of aliphatic hydroxyl groups excluding tert-OH is 1. The van der Waals surface area contributed by atoms with Crippen LogP contribution in [0.15, 0.2) is 30.5 Å². The largest absolute Gasteiger partial charge is 0.396 e. The number of hydrogen-bond acceptors (Lipinski definition) is 3. The fraction of sp³-hybridized carbons (Fsp3) is 0.500. The fourth-order valence-corrected chi connectivity index (χ4v) is 2.46. The molecule has 0 fully saturated rings. The van der Waals surface area contributed by atoms with Crippen LogP contribution >= 0.6 is 0 Å². The van der Waals surface area contributed by atoms with Crippen molar-refractivity contribution in [1.29, 1.82) is 0 Å². The first kappa shape index (κ1) is 15.0. The normalized spacial score (nSPS) is 11.3. The van der Waals surface area contributed by atoms with Crippen molar-refractivity contribution in [1.82, 2.24) is 9.88 Å². The molecule has 0 aliphatic heterocycles. The van der Waals surface area contributed by atoms with E-state index >= 15 is 0 Å². The number of methoxy groups -OCH3 is 1. The lowest BCUT2D eigenvalue weighted by atomic mass is 10.1. The Labute approximate surface area is 120 Å². The van der Waals surface area contributed by atoms with Gasteiger partial charge in [0.1, 0.15) is 0 Å². The quantitative estimate of drug-likeness (QED) is 0.690. The molecule has 1 aromatic carbocycles. The van der Waals surface area contributed by atoms with Crippen LogP contribution in [0.25, 0.3) is 10.9 Å². The molecule has 0 saturated carbocycles. The van der Waals surface area contributed by atoms with Gasteiger partial charge in [0, 0.05) is 39.5 Å². The van der Waals surface area contributed by atoms with Crippen LogP contribution in [0.4, 0.5) is 0 Å². The van der Waals surface area contributed by atoms with Crippen molar-refractivity contribution in [3.05, 3.63) is 36.0 Å². The van der Waals surface area contributed by atoms with Crippen LogP contribution in [0.3, 0.4) is 0 Å². The molecule has 2 aromatic rings. The summed E-state index contributed by atoms with van der Waals surface area (Å²) in [6, 6.07) is 8.59. The van der Waals surface area contributed by atoms with Gasteiger partial charge >= 0.3 is 0 Å². The van der Waals surface area contributed by atoms with E-state index < -0.39 is 0 Å². The third kappa shape index (κ3) is 3.82. The second-order valence-corrected chi connectivity index (χ2v) is 4.96. The Morgan fingerprint density at radius 2 is 2.15 bits per heavy atom. The maximum Gasteiger partial charge on any atom is 0.0587 e. The van der Waals surface area contributed by atoms with Gasteiger partial charge in [-0.25, -0.2) is 0 Å². The van der Waals surface area contributed by atoms with Gasteiger partial charge in [-0.05, 0) is 29.9 Å². The Balaban J connectivity index is 2.09. The summed E-state index contributed by atoms with van der Waals surface area (Å²) in [5.41, 5.74) is 2.61. The number of fused-ring (bicyclic) bond motifs is 1. The van der Waals surface area contributed by atoms with E-state index in [1.807, 2.05) is 0 Å². The second kappa shape index (κ2) is 8.04. The number of para-hydroxylation sites is 1. The topological polar surface area (TPSA) is 46.4 Å². The van der Waals surface area contributed by atoms with Crippen molar-refractivity contribution in [3.8, 4) is 0 Å². The number of ether oxygens (including phenoxy) is 1. The van der Waals surface area contributed by atoms with E-state index in [1.165, 1.54) is 16.5 Å². The number of aliphatic hydroxyl groups is 1. The van der Waals surface area contributed by atoms with Gasteiger partial charge in [0.2, 0.25) is 0 Å². The fourth-order valence-electron chi connectivity index (χ4n) is 2.46. The first-order valence-corrected chi connectivity index (χ1v) is 7.24. The van der Waals surface area contributed by atoms with Crippen LogP contribution < -0.4 is 5.32 Å². The molecular formula is C16H24N2O2. The number of hydrogen-bond donors (Lipinski definition) is 2. The Bertz CT molecular complexity index is 522. The summed E-state index contributed by atoms with van der Waals surface area (Å²) in [7, 11) is 1.72. The lowest BCUT2D eigenvalue weighted by Gasteiger charge is -2.10. The van der Waals surface area contributed by atoms with Crippen molar-refractivity contribution >= 4 is 10.9 Å². The Kier molecular flexibility index (Phi) is 6.05. The van der Waals surface area contributed by atoms with Crippen LogP contribution in [-0.2, 0) is 17.8 Å². The van der Waals surface area contributed by atoms with Crippen LogP contribution in [0.5, 0.6) is 0 Å². The number of aromatic nitrogens is 1. The van der Waals surface area contributed by atoms with E-state index in [9.17, 15) is 0 Å². The molecule has 1 heterocycles. The standard InChI is InChI=1S/C16H24N2O2/c1-20-12-8-17-13-15-6-4-5-14-7-10-18(16(14)15)9-2-3-11-19/h4-7,10,17,19H,2-3,8-9,11-13H2,1H3. The molecule has 0 atom stereocenters. The molecule has 4 nitrogen and oxygen atoms in total. The SMILES string of the molecule is COCCNCc1cccc2ccn(CCCCO)c12. The molecule has 0 saturated heterocycles. The Hall–Kier alpha value is -1.36. The lowest BCUT2D eigenvalue weighted by Crippen LogP contribution is -2.19. The van der Waals surface area contributed by atoms with Crippen molar-refractivity contribution < 1.29 is 9.84 Å². The first-order chi connectivity index (χ1) is 9.86. The van der Waals surface area contributed by atoms with E-state index in [2.05, 4.69) is 40.3 Å². The zero-order valence-corrected chi connectivity index (χ0v) is 12.1. The molecule has 0 aliphatic rings. The summed E-state index contributed by atoms with van der Waals surface area (Å²) >= 11 is 0. The minimum atomic E-state index is 0.268. The van der Waals surface area contributed by atoms with Gasteiger partial charge in [0.25, 0.3) is 0 Å². The van der Waals surface area contributed by atoms with Crippen molar-refractivity contribution in [2.75, 3.05) is 26.9 Å². The number of rotatable bonds is 9. The van der Waals surface area contributed by atoms with Gasteiger partial charge < -0.3 is 19.7 Å². The second-order valence-electron chi connectivity index (χ2n) is 4.96. The van der Waals surface area contributed by atoms with E-state index in [0.717, 1.165) is 39.1 Å². The van der Waals surface area contributed by atoms with E-state index in [1.54, 1.807) is 7.11 Å². The summed E-state index contributed by atoms with van der Waals surface area (Å²) in [5.74, 6) is 0. The van der Waals surface area contributed by atoms with Crippen LogP contribution in [0.1, 0.15) is 18.4 Å². The Morgan fingerprint density at radius 1 is 1.25 bits per heavy atom. The van der Waals surface area contributed by atoms with Crippen LogP contribution in [0.2, 0.25) is 0 Å². The molecule has 0 amide bonds. The molecule has 2 rings (SSSR count). The van der Waals surface area contributed by atoms with Gasteiger partial charge in [0.05, 0.1) is 12.1 Å². The third-order valence-corrected chi connectivity index (χ3v) is 3.48. The number of benzene rings is 1. The molecule has 20 heavy (non-hydrogen) atoms.